The number of anilines is 1. The Morgan fingerprint density at radius 1 is 1.00 bits per heavy atom. The van der Waals surface area contributed by atoms with Gasteiger partial charge in [-0.3, -0.25) is 4.79 Å². The molecule has 5 nitrogen and oxygen atoms in total. The fourth-order valence-corrected chi connectivity index (χ4v) is 4.65. The van der Waals surface area contributed by atoms with Crippen molar-refractivity contribution >= 4 is 22.8 Å². The van der Waals surface area contributed by atoms with Crippen molar-refractivity contribution < 1.29 is 9.18 Å². The number of nitrogen functional groups attached to an aromatic ring is 1. The van der Waals surface area contributed by atoms with Gasteiger partial charge in [-0.2, -0.15) is 0 Å². The predicted octanol–water partition coefficient (Wildman–Crippen LogP) is 6.15. The molecule has 1 aliphatic heterocycles. The van der Waals surface area contributed by atoms with Gasteiger partial charge in [0.1, 0.15) is 11.5 Å². The molecule has 0 bridgehead atoms. The van der Waals surface area contributed by atoms with Crippen LogP contribution in [0.25, 0.3) is 22.0 Å². The SMILES string of the molecule is CC(C)(C)CCc1ccc(F)cc1-c1ccc2nc(N)nc(C(=O)N3Cc4ccccc4C3)c2c1. The lowest BCUT2D eigenvalue weighted by Gasteiger charge is -2.20. The Kier molecular flexibility index (Phi) is 5.75. The molecule has 0 radical (unpaired) electrons. The van der Waals surface area contributed by atoms with Crippen LogP contribution in [-0.2, 0) is 19.5 Å². The van der Waals surface area contributed by atoms with Gasteiger partial charge in [-0.15, -0.1) is 0 Å². The van der Waals surface area contributed by atoms with Crippen LogP contribution in [0.5, 0.6) is 0 Å². The van der Waals surface area contributed by atoms with Gasteiger partial charge in [0.05, 0.1) is 5.52 Å². The fourth-order valence-electron chi connectivity index (χ4n) is 4.65. The van der Waals surface area contributed by atoms with Gasteiger partial charge in [0.25, 0.3) is 5.91 Å². The van der Waals surface area contributed by atoms with E-state index in [1.807, 2.05) is 48.5 Å². The maximum atomic E-state index is 14.3. The van der Waals surface area contributed by atoms with Crippen molar-refractivity contribution in [2.75, 3.05) is 5.73 Å². The van der Waals surface area contributed by atoms with E-state index >= 15 is 0 Å². The van der Waals surface area contributed by atoms with Crippen LogP contribution in [0.1, 0.15) is 54.4 Å². The van der Waals surface area contributed by atoms with Gasteiger partial charge in [0.2, 0.25) is 5.95 Å². The Morgan fingerprint density at radius 2 is 1.71 bits per heavy atom. The average molecular weight is 469 g/mol. The average Bonchev–Trinajstić information content (AvgIpc) is 3.26. The van der Waals surface area contributed by atoms with E-state index in [0.29, 0.717) is 24.0 Å². The van der Waals surface area contributed by atoms with Crippen LogP contribution in [0, 0.1) is 11.2 Å². The summed E-state index contributed by atoms with van der Waals surface area (Å²) in [6.45, 7) is 7.65. The third kappa shape index (κ3) is 4.74. The molecule has 1 aromatic heterocycles. The molecular formula is C29H29FN4O. The topological polar surface area (TPSA) is 72.1 Å². The van der Waals surface area contributed by atoms with Crippen LogP contribution in [0.2, 0.25) is 0 Å². The molecule has 0 unspecified atom stereocenters. The van der Waals surface area contributed by atoms with E-state index in [2.05, 4.69) is 30.7 Å². The first-order valence-electron chi connectivity index (χ1n) is 11.9. The van der Waals surface area contributed by atoms with Crippen LogP contribution in [0.15, 0.2) is 60.7 Å². The number of carbonyl (C=O) groups is 1. The third-order valence-electron chi connectivity index (χ3n) is 6.57. The predicted molar refractivity (Wildman–Crippen MR) is 137 cm³/mol. The Bertz CT molecular complexity index is 1420. The minimum atomic E-state index is -0.292. The molecule has 0 saturated carbocycles. The number of halogens is 1. The van der Waals surface area contributed by atoms with Gasteiger partial charge in [-0.25, -0.2) is 14.4 Å². The summed E-state index contributed by atoms with van der Waals surface area (Å²) in [5, 5.41) is 0.615. The minimum Gasteiger partial charge on any atom is -0.368 e. The molecule has 35 heavy (non-hydrogen) atoms. The quantitative estimate of drug-likeness (QED) is 0.390. The van der Waals surface area contributed by atoms with Crippen LogP contribution in [0.3, 0.4) is 0 Å². The highest BCUT2D eigenvalue weighted by Crippen LogP contribution is 2.33. The molecule has 0 saturated heterocycles. The maximum Gasteiger partial charge on any atom is 0.273 e. The highest BCUT2D eigenvalue weighted by Gasteiger charge is 2.27. The van der Waals surface area contributed by atoms with E-state index in [9.17, 15) is 9.18 Å². The Morgan fingerprint density at radius 3 is 2.40 bits per heavy atom. The van der Waals surface area contributed by atoms with Gasteiger partial charge in [-0.05, 0) is 70.3 Å². The zero-order chi connectivity index (χ0) is 24.7. The van der Waals surface area contributed by atoms with Crippen molar-refractivity contribution in [1.82, 2.24) is 14.9 Å². The second-order valence-corrected chi connectivity index (χ2v) is 10.5. The summed E-state index contributed by atoms with van der Waals surface area (Å²) in [5.74, 6) is -0.425. The van der Waals surface area contributed by atoms with E-state index in [1.54, 1.807) is 11.0 Å². The lowest BCUT2D eigenvalue weighted by molar-refractivity contribution is 0.0747. The summed E-state index contributed by atoms with van der Waals surface area (Å²) in [4.78, 5) is 24.1. The summed E-state index contributed by atoms with van der Waals surface area (Å²) in [6.07, 6.45) is 1.80. The first-order chi connectivity index (χ1) is 16.7. The highest BCUT2D eigenvalue weighted by atomic mass is 19.1. The molecular weight excluding hydrogens is 439 g/mol. The molecule has 0 spiro atoms. The zero-order valence-electron chi connectivity index (χ0n) is 20.3. The van der Waals surface area contributed by atoms with E-state index in [1.165, 1.54) is 6.07 Å². The number of hydrogen-bond acceptors (Lipinski definition) is 4. The third-order valence-corrected chi connectivity index (χ3v) is 6.57. The van der Waals surface area contributed by atoms with Gasteiger partial charge >= 0.3 is 0 Å². The Balaban J connectivity index is 1.56. The van der Waals surface area contributed by atoms with Crippen molar-refractivity contribution in [3.63, 3.8) is 0 Å². The van der Waals surface area contributed by atoms with Gasteiger partial charge in [0.15, 0.2) is 0 Å². The summed E-state index contributed by atoms with van der Waals surface area (Å²) >= 11 is 0. The van der Waals surface area contributed by atoms with E-state index in [0.717, 1.165) is 40.7 Å². The zero-order valence-corrected chi connectivity index (χ0v) is 20.3. The maximum absolute atomic E-state index is 14.3. The molecule has 2 heterocycles. The molecule has 178 valence electrons. The number of rotatable bonds is 4. The van der Waals surface area contributed by atoms with Crippen molar-refractivity contribution in [3.8, 4) is 11.1 Å². The fraction of sp³-hybridized carbons (Fsp3) is 0.276. The first-order valence-corrected chi connectivity index (χ1v) is 11.9. The largest absolute Gasteiger partial charge is 0.368 e. The smallest absolute Gasteiger partial charge is 0.273 e. The molecule has 0 aliphatic carbocycles. The number of benzene rings is 3. The second-order valence-electron chi connectivity index (χ2n) is 10.5. The monoisotopic (exact) mass is 468 g/mol. The number of amides is 1. The van der Waals surface area contributed by atoms with Crippen molar-refractivity contribution in [2.45, 2.75) is 46.7 Å². The van der Waals surface area contributed by atoms with Crippen LogP contribution < -0.4 is 5.73 Å². The number of hydrogen-bond donors (Lipinski definition) is 1. The first kappa shape index (κ1) is 23.0. The normalized spacial score (nSPS) is 13.3. The number of aryl methyl sites for hydroxylation is 1. The van der Waals surface area contributed by atoms with Gasteiger partial charge in [-0.1, -0.05) is 57.2 Å². The number of nitrogens with two attached hydrogens (primary N) is 1. The van der Waals surface area contributed by atoms with Crippen molar-refractivity contribution in [2.24, 2.45) is 5.41 Å². The van der Waals surface area contributed by atoms with Crippen LogP contribution in [-0.4, -0.2) is 20.8 Å². The molecule has 6 heteroatoms. The molecule has 4 aromatic rings. The standard InChI is InChI=1S/C29H29FN4O/c1-29(2,3)13-12-18-8-10-22(30)15-23(18)19-9-11-25-24(14-19)26(33-28(31)32-25)27(35)34-16-20-6-4-5-7-21(20)17-34/h4-11,14-15H,12-13,16-17H2,1-3H3,(H2,31,32,33). The summed E-state index contributed by atoms with van der Waals surface area (Å²) < 4.78 is 14.3. The molecule has 0 atom stereocenters. The molecule has 3 aromatic carbocycles. The molecule has 1 aliphatic rings. The van der Waals surface area contributed by atoms with E-state index < -0.39 is 0 Å². The number of fused-ring (bicyclic) bond motifs is 2. The molecule has 1 amide bonds. The minimum absolute atomic E-state index is 0.0573. The van der Waals surface area contributed by atoms with Crippen molar-refractivity contribution in [1.29, 1.82) is 0 Å². The Hall–Kier alpha value is -3.80. The van der Waals surface area contributed by atoms with Crippen molar-refractivity contribution in [3.05, 3.63) is 88.9 Å². The Labute approximate surface area is 204 Å². The molecule has 0 fully saturated rings. The van der Waals surface area contributed by atoms with Crippen LogP contribution in [0.4, 0.5) is 10.3 Å². The lowest BCUT2D eigenvalue weighted by Crippen LogP contribution is -2.27. The molecule has 2 N–H and O–H groups in total. The summed E-state index contributed by atoms with van der Waals surface area (Å²) in [7, 11) is 0. The highest BCUT2D eigenvalue weighted by molar-refractivity contribution is 6.06. The summed E-state index contributed by atoms with van der Waals surface area (Å²) in [6, 6.07) is 18.6. The summed E-state index contributed by atoms with van der Waals surface area (Å²) in [5.41, 5.74) is 12.0. The number of nitrogens with zero attached hydrogens (tertiary/aromatic N) is 3. The van der Waals surface area contributed by atoms with Gasteiger partial charge < -0.3 is 10.6 Å². The second kappa shape index (κ2) is 8.77. The number of carbonyl (C=O) groups excluding carboxylic acids is 1. The lowest BCUT2D eigenvalue weighted by atomic mass is 9.86. The number of aromatic nitrogens is 2. The van der Waals surface area contributed by atoms with E-state index in [-0.39, 0.29) is 28.8 Å². The van der Waals surface area contributed by atoms with Gasteiger partial charge in [0, 0.05) is 18.5 Å². The molecule has 5 rings (SSSR count). The van der Waals surface area contributed by atoms with E-state index in [4.69, 9.17) is 5.73 Å². The van der Waals surface area contributed by atoms with Crippen LogP contribution >= 0.6 is 0 Å².